The van der Waals surface area contributed by atoms with Crippen LogP contribution in [0, 0.1) is 0 Å². The van der Waals surface area contributed by atoms with E-state index >= 15 is 0 Å². The number of urea groups is 1. The van der Waals surface area contributed by atoms with E-state index in [4.69, 9.17) is 11.6 Å². The molecule has 6 heteroatoms. The number of halogens is 2. The third kappa shape index (κ3) is 4.83. The van der Waals surface area contributed by atoms with Crippen LogP contribution in [0.25, 0.3) is 0 Å². The Balaban J connectivity index is 1.75. The Morgan fingerprint density at radius 1 is 1.20 bits per heavy atom. The van der Waals surface area contributed by atoms with Crippen LogP contribution in [-0.4, -0.2) is 17.6 Å². The van der Waals surface area contributed by atoms with Crippen LogP contribution in [0.2, 0.25) is 5.02 Å². The summed E-state index contributed by atoms with van der Waals surface area (Å²) in [7, 11) is 0. The molecule has 20 heavy (non-hydrogen) atoms. The number of pyridine rings is 1. The molecule has 0 unspecified atom stereocenters. The fraction of sp³-hybridized carbons (Fsp3) is 0.143. The summed E-state index contributed by atoms with van der Waals surface area (Å²) in [6.07, 6.45) is 2.38. The van der Waals surface area contributed by atoms with Crippen LogP contribution >= 0.6 is 27.5 Å². The molecule has 0 atom stereocenters. The number of anilines is 1. The average molecular weight is 355 g/mol. The van der Waals surface area contributed by atoms with Gasteiger partial charge < -0.3 is 5.32 Å². The standard InChI is InChI=1S/C14H13BrClN3O/c15-11-3-6-13(18-9-11)19-14(20)17-8-7-10-1-4-12(16)5-2-10/h1-6,9H,7-8H2,(H2,17,18,19,20). The molecule has 0 spiro atoms. The third-order valence-electron chi connectivity index (χ3n) is 2.58. The lowest BCUT2D eigenvalue weighted by Gasteiger charge is -2.07. The number of amides is 2. The molecule has 2 N–H and O–H groups in total. The number of carbonyl (C=O) groups excluding carboxylic acids is 1. The van der Waals surface area contributed by atoms with E-state index in [1.807, 2.05) is 30.3 Å². The van der Waals surface area contributed by atoms with E-state index in [9.17, 15) is 4.79 Å². The van der Waals surface area contributed by atoms with Crippen LogP contribution in [0.5, 0.6) is 0 Å². The summed E-state index contributed by atoms with van der Waals surface area (Å²) in [6.45, 7) is 0.546. The van der Waals surface area contributed by atoms with Crippen molar-refractivity contribution in [3.05, 3.63) is 57.7 Å². The van der Waals surface area contributed by atoms with Crippen LogP contribution in [0.15, 0.2) is 47.1 Å². The van der Waals surface area contributed by atoms with Gasteiger partial charge in [-0.15, -0.1) is 0 Å². The van der Waals surface area contributed by atoms with Gasteiger partial charge in [-0.1, -0.05) is 23.7 Å². The molecule has 0 aliphatic heterocycles. The summed E-state index contributed by atoms with van der Waals surface area (Å²) >= 11 is 9.09. The van der Waals surface area contributed by atoms with E-state index in [-0.39, 0.29) is 6.03 Å². The molecule has 0 fully saturated rings. The van der Waals surface area contributed by atoms with Crippen molar-refractivity contribution in [2.45, 2.75) is 6.42 Å². The number of hydrogen-bond acceptors (Lipinski definition) is 2. The van der Waals surface area contributed by atoms with Crippen molar-refractivity contribution in [1.29, 1.82) is 0 Å². The molecule has 1 heterocycles. The zero-order valence-electron chi connectivity index (χ0n) is 10.6. The maximum absolute atomic E-state index is 11.6. The molecule has 0 radical (unpaired) electrons. The Morgan fingerprint density at radius 2 is 1.95 bits per heavy atom. The van der Waals surface area contributed by atoms with E-state index in [0.717, 1.165) is 16.5 Å². The van der Waals surface area contributed by atoms with Gasteiger partial charge in [0.1, 0.15) is 5.82 Å². The monoisotopic (exact) mass is 353 g/mol. The first kappa shape index (κ1) is 14.8. The topological polar surface area (TPSA) is 54.0 Å². The zero-order valence-corrected chi connectivity index (χ0v) is 12.9. The lowest BCUT2D eigenvalue weighted by Crippen LogP contribution is -2.30. The minimum Gasteiger partial charge on any atom is -0.337 e. The predicted molar refractivity (Wildman–Crippen MR) is 84.1 cm³/mol. The Morgan fingerprint density at radius 3 is 2.60 bits per heavy atom. The highest BCUT2D eigenvalue weighted by Crippen LogP contribution is 2.11. The number of rotatable bonds is 4. The third-order valence-corrected chi connectivity index (χ3v) is 3.30. The van der Waals surface area contributed by atoms with Crippen molar-refractivity contribution in [3.63, 3.8) is 0 Å². The van der Waals surface area contributed by atoms with Crippen LogP contribution in [0.3, 0.4) is 0 Å². The number of nitrogens with one attached hydrogen (secondary N) is 2. The maximum atomic E-state index is 11.6. The fourth-order valence-electron chi connectivity index (χ4n) is 1.58. The number of aromatic nitrogens is 1. The molecule has 2 aromatic rings. The first-order valence-corrected chi connectivity index (χ1v) is 7.21. The second-order valence-corrected chi connectivity index (χ2v) is 5.47. The minimum absolute atomic E-state index is 0.270. The Kier molecular flexibility index (Phi) is 5.38. The van der Waals surface area contributed by atoms with Crippen molar-refractivity contribution in [2.75, 3.05) is 11.9 Å². The molecule has 0 aliphatic carbocycles. The van der Waals surface area contributed by atoms with Gasteiger partial charge in [0, 0.05) is 22.2 Å². The molecule has 4 nitrogen and oxygen atoms in total. The van der Waals surface area contributed by atoms with Crippen molar-refractivity contribution >= 4 is 39.4 Å². The van der Waals surface area contributed by atoms with Crippen LogP contribution in [0.4, 0.5) is 10.6 Å². The first-order valence-electron chi connectivity index (χ1n) is 6.04. The van der Waals surface area contributed by atoms with E-state index in [2.05, 4.69) is 31.5 Å². The molecule has 1 aromatic heterocycles. The van der Waals surface area contributed by atoms with Gasteiger partial charge in [0.2, 0.25) is 0 Å². The molecule has 0 saturated heterocycles. The second-order valence-electron chi connectivity index (χ2n) is 4.12. The molecular weight excluding hydrogens is 342 g/mol. The summed E-state index contributed by atoms with van der Waals surface area (Å²) in [4.78, 5) is 15.7. The molecule has 2 rings (SSSR count). The van der Waals surface area contributed by atoms with Gasteiger partial charge in [0.25, 0.3) is 0 Å². The van der Waals surface area contributed by atoms with Crippen LogP contribution in [0.1, 0.15) is 5.56 Å². The minimum atomic E-state index is -0.270. The van der Waals surface area contributed by atoms with Crippen LogP contribution < -0.4 is 10.6 Å². The Hall–Kier alpha value is -1.59. The van der Waals surface area contributed by atoms with Gasteiger partial charge in [-0.2, -0.15) is 0 Å². The summed E-state index contributed by atoms with van der Waals surface area (Å²) < 4.78 is 0.867. The normalized spacial score (nSPS) is 10.1. The highest BCUT2D eigenvalue weighted by Gasteiger charge is 2.02. The number of benzene rings is 1. The van der Waals surface area contributed by atoms with Crippen molar-refractivity contribution in [2.24, 2.45) is 0 Å². The SMILES string of the molecule is O=C(NCCc1ccc(Cl)cc1)Nc1ccc(Br)cn1. The number of hydrogen-bond donors (Lipinski definition) is 2. The Labute approximate surface area is 130 Å². The van der Waals surface area contributed by atoms with E-state index in [1.54, 1.807) is 12.3 Å². The number of carbonyl (C=O) groups is 1. The fourth-order valence-corrected chi connectivity index (χ4v) is 1.94. The van der Waals surface area contributed by atoms with Crippen molar-refractivity contribution in [1.82, 2.24) is 10.3 Å². The summed E-state index contributed by atoms with van der Waals surface area (Å²) in [5.74, 6) is 0.511. The molecule has 1 aromatic carbocycles. The van der Waals surface area contributed by atoms with Crippen LogP contribution in [-0.2, 0) is 6.42 Å². The maximum Gasteiger partial charge on any atom is 0.320 e. The molecule has 0 saturated carbocycles. The van der Waals surface area contributed by atoms with Gasteiger partial charge >= 0.3 is 6.03 Å². The smallest absolute Gasteiger partial charge is 0.320 e. The highest BCUT2D eigenvalue weighted by atomic mass is 79.9. The van der Waals surface area contributed by atoms with Gasteiger partial charge in [0.05, 0.1) is 0 Å². The molecule has 0 bridgehead atoms. The van der Waals surface area contributed by atoms with Gasteiger partial charge in [-0.25, -0.2) is 9.78 Å². The van der Waals surface area contributed by atoms with E-state index < -0.39 is 0 Å². The van der Waals surface area contributed by atoms with E-state index in [0.29, 0.717) is 17.4 Å². The summed E-state index contributed by atoms with van der Waals surface area (Å²) in [6, 6.07) is 10.8. The van der Waals surface area contributed by atoms with Crippen molar-refractivity contribution in [3.8, 4) is 0 Å². The lowest BCUT2D eigenvalue weighted by molar-refractivity contribution is 0.252. The highest BCUT2D eigenvalue weighted by molar-refractivity contribution is 9.10. The molecular formula is C14H13BrClN3O. The average Bonchev–Trinajstić information content (AvgIpc) is 2.44. The van der Waals surface area contributed by atoms with Gasteiger partial charge in [-0.05, 0) is 52.2 Å². The second kappa shape index (κ2) is 7.26. The molecule has 0 aliphatic rings. The predicted octanol–water partition coefficient (Wildman–Crippen LogP) is 3.86. The largest absolute Gasteiger partial charge is 0.337 e. The van der Waals surface area contributed by atoms with Crippen molar-refractivity contribution < 1.29 is 4.79 Å². The lowest BCUT2D eigenvalue weighted by atomic mass is 10.1. The molecule has 2 amide bonds. The Bertz CT molecular complexity index is 572. The quantitative estimate of drug-likeness (QED) is 0.876. The van der Waals surface area contributed by atoms with Gasteiger partial charge in [-0.3, -0.25) is 5.32 Å². The van der Waals surface area contributed by atoms with Gasteiger partial charge in [0.15, 0.2) is 0 Å². The summed E-state index contributed by atoms with van der Waals surface area (Å²) in [5, 5.41) is 6.14. The summed E-state index contributed by atoms with van der Waals surface area (Å²) in [5.41, 5.74) is 1.12. The number of nitrogens with zero attached hydrogens (tertiary/aromatic N) is 1. The van der Waals surface area contributed by atoms with E-state index in [1.165, 1.54) is 0 Å². The molecule has 104 valence electrons. The first-order chi connectivity index (χ1) is 9.63. The zero-order chi connectivity index (χ0) is 14.4.